The summed E-state index contributed by atoms with van der Waals surface area (Å²) >= 11 is 0. The molecule has 48 valence electrons. The van der Waals surface area contributed by atoms with Gasteiger partial charge in [0.2, 0.25) is 0 Å². The van der Waals surface area contributed by atoms with Crippen LogP contribution in [0, 0.1) is 0 Å². The van der Waals surface area contributed by atoms with Crippen LogP contribution in [-0.4, -0.2) is 13.3 Å². The molecule has 3 nitrogen and oxygen atoms in total. The van der Waals surface area contributed by atoms with Gasteiger partial charge in [0.25, 0.3) is 0 Å². The van der Waals surface area contributed by atoms with Gasteiger partial charge in [0, 0.05) is 0 Å². The van der Waals surface area contributed by atoms with Crippen LogP contribution in [0.15, 0.2) is 0 Å². The van der Waals surface area contributed by atoms with Crippen molar-refractivity contribution in [3.05, 3.63) is 4.86 Å². The van der Waals surface area contributed by atoms with Crippen LogP contribution in [0.25, 0.3) is 4.86 Å². The van der Waals surface area contributed by atoms with Crippen molar-refractivity contribution in [3.63, 3.8) is 0 Å². The van der Waals surface area contributed by atoms with E-state index in [2.05, 4.69) is 4.86 Å². The number of nitrogens with zero attached hydrogens (tertiary/aromatic N) is 1. The minimum absolute atomic E-state index is 0. The Morgan fingerprint density at radius 2 is 1.22 bits per heavy atom. The Bertz CT molecular complexity index is 96.7. The molecule has 0 saturated carbocycles. The van der Waals surface area contributed by atoms with Crippen molar-refractivity contribution in [3.8, 4) is 0 Å². The maximum Gasteiger partial charge on any atom is 0 e. The number of rotatable bonds is 2. The second-order valence-electron chi connectivity index (χ2n) is 1.15. The van der Waals surface area contributed by atoms with E-state index < -0.39 is 15.9 Å². The van der Waals surface area contributed by atoms with E-state index in [1.807, 2.05) is 0 Å². The summed E-state index contributed by atoms with van der Waals surface area (Å²) < 4.78 is 20.2. The SMILES string of the molecule is C[PH](=O)[N-][PH](C)=O.[Rf].[Rf]. The molecule has 0 N–H and O–H groups in total. The summed E-state index contributed by atoms with van der Waals surface area (Å²) in [7, 11) is -3.65. The zero-order chi connectivity index (χ0) is 5.86. The average Bonchev–Trinajstić information content (AvgIpc) is 1.27. The molecular weight excluding hydrogens is 666 g/mol. The molecular formula is C2H8NO2P2Rf2-. The van der Waals surface area contributed by atoms with Crippen LogP contribution in [0.5, 0.6) is 0 Å². The first-order chi connectivity index (χ1) is 3.13. The van der Waals surface area contributed by atoms with Crippen molar-refractivity contribution < 1.29 is 9.13 Å². The zero-order valence-corrected chi connectivity index (χ0v) is 20.5. The molecule has 2 unspecified atom stereocenters. The van der Waals surface area contributed by atoms with Crippen molar-refractivity contribution in [2.75, 3.05) is 13.3 Å². The molecule has 7 heteroatoms. The Morgan fingerprint density at radius 3 is 1.22 bits per heavy atom. The fourth-order valence-electron chi connectivity index (χ4n) is 0.222. The maximum atomic E-state index is 10.1. The topological polar surface area (TPSA) is 48.2 Å². The van der Waals surface area contributed by atoms with E-state index >= 15 is 0 Å². The molecule has 0 aromatic carbocycles. The van der Waals surface area contributed by atoms with Crippen molar-refractivity contribution >= 4 is 15.9 Å². The van der Waals surface area contributed by atoms with Crippen LogP contribution >= 0.6 is 15.9 Å². The quantitative estimate of drug-likeness (QED) is 0.419. The van der Waals surface area contributed by atoms with Crippen LogP contribution < -0.4 is 0 Å². The summed E-state index contributed by atoms with van der Waals surface area (Å²) in [5.41, 5.74) is 0. The van der Waals surface area contributed by atoms with E-state index in [4.69, 9.17) is 0 Å². The molecule has 0 spiro atoms. The van der Waals surface area contributed by atoms with Gasteiger partial charge in [-0.25, -0.2) is 0 Å². The van der Waals surface area contributed by atoms with E-state index in [0.717, 1.165) is 0 Å². The van der Waals surface area contributed by atoms with Gasteiger partial charge in [-0.1, -0.05) is 0 Å². The molecule has 0 rings (SSSR count). The van der Waals surface area contributed by atoms with Gasteiger partial charge in [-0.15, -0.1) is 0 Å². The maximum absolute atomic E-state index is 10.1. The smallest absolute Gasteiger partial charge is 0 e. The van der Waals surface area contributed by atoms with Crippen LogP contribution in [0.3, 0.4) is 0 Å². The van der Waals surface area contributed by atoms with Crippen molar-refractivity contribution in [2.45, 2.75) is 0 Å². The first-order valence-electron chi connectivity index (χ1n) is 1.86. The fraction of sp³-hybridized carbons (Fsp3) is 1.00. The molecule has 2 atom stereocenters. The van der Waals surface area contributed by atoms with Crippen molar-refractivity contribution in [1.29, 1.82) is 0 Å². The largest absolute Gasteiger partial charge is 0.549 e. The fourth-order valence-corrected chi connectivity index (χ4v) is 2.00. The van der Waals surface area contributed by atoms with Crippen LogP contribution in [0.2, 0.25) is 0 Å². The third-order valence-electron chi connectivity index (χ3n) is 0.315. The van der Waals surface area contributed by atoms with E-state index in [-0.39, 0.29) is 0 Å². The average molecular weight is 674 g/mol. The summed E-state index contributed by atoms with van der Waals surface area (Å²) in [6.07, 6.45) is 0. The monoisotopic (exact) mass is 674 g/mol. The molecule has 0 aliphatic rings. The Kier molecular flexibility index (Phi) is 11.2. The van der Waals surface area contributed by atoms with Crippen molar-refractivity contribution in [1.82, 2.24) is 0 Å². The van der Waals surface area contributed by atoms with E-state index in [1.165, 1.54) is 13.3 Å². The van der Waals surface area contributed by atoms with Gasteiger partial charge in [0.05, 0.1) is 0 Å². The second-order valence-corrected chi connectivity index (χ2v) is 4.12. The van der Waals surface area contributed by atoms with Gasteiger partial charge >= 0.3 is 0 Å². The first-order valence-corrected chi connectivity index (χ1v) is 5.57. The predicted octanol–water partition coefficient (Wildman–Crippen LogP) is 1.57. The summed E-state index contributed by atoms with van der Waals surface area (Å²) in [5, 5.41) is 0. The molecule has 0 heterocycles. The van der Waals surface area contributed by atoms with Gasteiger partial charge in [0.1, 0.15) is 0 Å². The number of hydrogen-bond donors (Lipinski definition) is 0. The molecule has 0 aromatic rings. The summed E-state index contributed by atoms with van der Waals surface area (Å²) in [5.74, 6) is 0. The third kappa shape index (κ3) is 21.4. The van der Waals surface area contributed by atoms with Gasteiger partial charge in [-0.2, -0.15) is 0 Å². The normalized spacial score (nSPS) is 14.4. The van der Waals surface area contributed by atoms with E-state index in [1.54, 1.807) is 0 Å². The molecule has 0 aliphatic carbocycles. The van der Waals surface area contributed by atoms with Gasteiger partial charge in [0.15, 0.2) is 0 Å². The Balaban J connectivity index is -0.000000180. The molecule has 0 saturated heterocycles. The predicted molar refractivity (Wildman–Crippen MR) is 33.2 cm³/mol. The van der Waals surface area contributed by atoms with Crippen molar-refractivity contribution in [2.24, 2.45) is 0 Å². The van der Waals surface area contributed by atoms with Gasteiger partial charge in [-0.05, 0) is 29.2 Å². The summed E-state index contributed by atoms with van der Waals surface area (Å²) in [4.78, 5) is 3.37. The Labute approximate surface area is 44.2 Å². The summed E-state index contributed by atoms with van der Waals surface area (Å²) in [6, 6.07) is 0. The third-order valence-corrected chi connectivity index (χ3v) is 2.83. The molecule has 9 heavy (non-hydrogen) atoms. The zero-order valence-electron chi connectivity index (χ0n) is 5.68. The Hall–Kier alpha value is -1.58. The molecule has 0 fully saturated rings. The van der Waals surface area contributed by atoms with Gasteiger partial charge in [-0.3, -0.25) is 0 Å². The minimum atomic E-state index is -1.83. The van der Waals surface area contributed by atoms with Crippen LogP contribution in [0.4, 0.5) is 0 Å². The Morgan fingerprint density at radius 1 is 1.00 bits per heavy atom. The molecule has 0 bridgehead atoms. The van der Waals surface area contributed by atoms with Gasteiger partial charge < -0.3 is 14.0 Å². The molecule has 0 aromatic heterocycles. The standard InChI is InChI=1S/C2H8NO2P2.2Rf/c1-6(4)3-7(2)5;;/h6-7H,1-2H3;;/q-1;;. The number of hydrogen-bond acceptors (Lipinski definition) is 2. The van der Waals surface area contributed by atoms with E-state index in [9.17, 15) is 9.13 Å². The first kappa shape index (κ1) is 15.7. The second kappa shape index (κ2) is 6.42. The molecule has 0 amide bonds. The van der Waals surface area contributed by atoms with Crippen LogP contribution in [-0.2, 0) is 9.13 Å². The molecule has 0 aliphatic heterocycles. The summed E-state index contributed by atoms with van der Waals surface area (Å²) in [6.45, 7) is 2.94. The van der Waals surface area contributed by atoms with E-state index in [0.29, 0.717) is 0 Å². The molecule has 0 radical (unpaired) electrons. The minimum Gasteiger partial charge on any atom is -0.549 e. The van der Waals surface area contributed by atoms with Crippen LogP contribution in [0.1, 0.15) is 0 Å².